The first-order valence-electron chi connectivity index (χ1n) is 6.56. The zero-order valence-electron chi connectivity index (χ0n) is 10.5. The number of hydrogen-bond acceptors (Lipinski definition) is 4. The Morgan fingerprint density at radius 1 is 1.18 bits per heavy atom. The van der Waals surface area contributed by atoms with E-state index < -0.39 is 0 Å². The SMILES string of the molecule is Cc1cnc(C(NN)C2CCCCCC2)cn1. The first-order valence-corrected chi connectivity index (χ1v) is 6.56. The van der Waals surface area contributed by atoms with Gasteiger partial charge in [0.25, 0.3) is 0 Å². The Bertz CT molecular complexity index is 328. The van der Waals surface area contributed by atoms with Gasteiger partial charge in [-0.1, -0.05) is 25.7 Å². The second kappa shape index (κ2) is 6.07. The molecule has 0 bridgehead atoms. The maximum atomic E-state index is 5.71. The molecule has 0 saturated heterocycles. The molecule has 0 aliphatic heterocycles. The maximum Gasteiger partial charge on any atom is 0.0772 e. The van der Waals surface area contributed by atoms with Crippen LogP contribution in [0.15, 0.2) is 12.4 Å². The lowest BCUT2D eigenvalue weighted by Crippen LogP contribution is -2.34. The van der Waals surface area contributed by atoms with Gasteiger partial charge >= 0.3 is 0 Å². The minimum Gasteiger partial charge on any atom is -0.271 e. The first-order chi connectivity index (χ1) is 8.31. The topological polar surface area (TPSA) is 63.8 Å². The molecule has 17 heavy (non-hydrogen) atoms. The van der Waals surface area contributed by atoms with Crippen LogP contribution in [-0.2, 0) is 0 Å². The fourth-order valence-corrected chi connectivity index (χ4v) is 2.67. The van der Waals surface area contributed by atoms with Crippen molar-refractivity contribution in [2.45, 2.75) is 51.5 Å². The number of aryl methyl sites for hydroxylation is 1. The molecule has 0 spiro atoms. The summed E-state index contributed by atoms with van der Waals surface area (Å²) in [6.45, 7) is 1.95. The van der Waals surface area contributed by atoms with Crippen LogP contribution in [-0.4, -0.2) is 9.97 Å². The van der Waals surface area contributed by atoms with Gasteiger partial charge in [-0.2, -0.15) is 0 Å². The van der Waals surface area contributed by atoms with Gasteiger partial charge < -0.3 is 0 Å². The van der Waals surface area contributed by atoms with Gasteiger partial charge in [0.1, 0.15) is 0 Å². The summed E-state index contributed by atoms with van der Waals surface area (Å²) in [5.41, 5.74) is 4.86. The lowest BCUT2D eigenvalue weighted by Gasteiger charge is -2.24. The Balaban J connectivity index is 2.11. The van der Waals surface area contributed by atoms with Crippen molar-refractivity contribution in [3.05, 3.63) is 23.8 Å². The molecule has 0 radical (unpaired) electrons. The molecule has 0 amide bonds. The molecule has 1 unspecified atom stereocenters. The van der Waals surface area contributed by atoms with Crippen molar-refractivity contribution < 1.29 is 0 Å². The van der Waals surface area contributed by atoms with Crippen LogP contribution in [0.1, 0.15) is 56.0 Å². The fraction of sp³-hybridized carbons (Fsp3) is 0.692. The van der Waals surface area contributed by atoms with Crippen molar-refractivity contribution >= 4 is 0 Å². The Kier molecular flexibility index (Phi) is 4.45. The van der Waals surface area contributed by atoms with Gasteiger partial charge in [-0.3, -0.25) is 21.2 Å². The third-order valence-electron chi connectivity index (χ3n) is 3.67. The molecule has 1 aliphatic carbocycles. The van der Waals surface area contributed by atoms with Gasteiger partial charge in [0.2, 0.25) is 0 Å². The van der Waals surface area contributed by atoms with E-state index in [2.05, 4.69) is 15.4 Å². The third kappa shape index (κ3) is 3.23. The zero-order chi connectivity index (χ0) is 12.1. The molecule has 1 atom stereocenters. The Hall–Kier alpha value is -1.00. The molecule has 4 heteroatoms. The van der Waals surface area contributed by atoms with Crippen molar-refractivity contribution in [3.8, 4) is 0 Å². The molecule has 2 rings (SSSR count). The van der Waals surface area contributed by atoms with Crippen molar-refractivity contribution in [3.63, 3.8) is 0 Å². The van der Waals surface area contributed by atoms with Crippen LogP contribution in [0, 0.1) is 12.8 Å². The van der Waals surface area contributed by atoms with Gasteiger partial charge in [-0.15, -0.1) is 0 Å². The molecule has 1 aliphatic rings. The van der Waals surface area contributed by atoms with Crippen LogP contribution in [0.2, 0.25) is 0 Å². The second-order valence-electron chi connectivity index (χ2n) is 4.98. The van der Waals surface area contributed by atoms with Gasteiger partial charge in [0.15, 0.2) is 0 Å². The molecular formula is C13H22N4. The summed E-state index contributed by atoms with van der Waals surface area (Å²) in [6.07, 6.45) is 11.5. The van der Waals surface area contributed by atoms with Gasteiger partial charge in [0, 0.05) is 6.20 Å². The lowest BCUT2D eigenvalue weighted by molar-refractivity contribution is 0.322. The standard InChI is InChI=1S/C13H22N4/c1-10-8-16-12(9-15-10)13(17-14)11-6-4-2-3-5-7-11/h8-9,11,13,17H,2-7,14H2,1H3. The summed E-state index contributed by atoms with van der Waals surface area (Å²) in [4.78, 5) is 8.76. The number of hydrogen-bond donors (Lipinski definition) is 2. The number of nitrogens with two attached hydrogens (primary N) is 1. The van der Waals surface area contributed by atoms with E-state index in [1.54, 1.807) is 0 Å². The smallest absolute Gasteiger partial charge is 0.0772 e. The predicted octanol–water partition coefficient (Wildman–Crippen LogP) is 2.26. The van der Waals surface area contributed by atoms with Crippen molar-refractivity contribution in [1.82, 2.24) is 15.4 Å². The van der Waals surface area contributed by atoms with E-state index in [0.29, 0.717) is 5.92 Å². The number of aromatic nitrogens is 2. The number of nitrogens with one attached hydrogen (secondary N) is 1. The average molecular weight is 234 g/mol. The highest BCUT2D eigenvalue weighted by atomic mass is 15.2. The van der Waals surface area contributed by atoms with Crippen LogP contribution < -0.4 is 11.3 Å². The summed E-state index contributed by atoms with van der Waals surface area (Å²) in [6, 6.07) is 0.154. The molecule has 1 saturated carbocycles. The van der Waals surface area contributed by atoms with E-state index in [0.717, 1.165) is 11.4 Å². The molecule has 94 valence electrons. The Labute approximate surface area is 103 Å². The van der Waals surface area contributed by atoms with E-state index >= 15 is 0 Å². The highest BCUT2D eigenvalue weighted by Crippen LogP contribution is 2.32. The maximum absolute atomic E-state index is 5.71. The fourth-order valence-electron chi connectivity index (χ4n) is 2.67. The molecular weight excluding hydrogens is 212 g/mol. The normalized spacial score (nSPS) is 19.9. The second-order valence-corrected chi connectivity index (χ2v) is 4.98. The molecule has 0 aromatic carbocycles. The van der Waals surface area contributed by atoms with Gasteiger partial charge in [-0.25, -0.2) is 0 Å². The summed E-state index contributed by atoms with van der Waals surface area (Å²) < 4.78 is 0. The van der Waals surface area contributed by atoms with E-state index in [9.17, 15) is 0 Å². The molecule has 1 aromatic rings. The van der Waals surface area contributed by atoms with E-state index in [4.69, 9.17) is 5.84 Å². The average Bonchev–Trinajstić information content (AvgIpc) is 2.62. The lowest BCUT2D eigenvalue weighted by atomic mass is 9.90. The highest BCUT2D eigenvalue weighted by molar-refractivity contribution is 5.07. The molecule has 1 aromatic heterocycles. The van der Waals surface area contributed by atoms with Crippen LogP contribution in [0.3, 0.4) is 0 Å². The number of hydrazine groups is 1. The molecule has 1 fully saturated rings. The van der Waals surface area contributed by atoms with Crippen LogP contribution >= 0.6 is 0 Å². The monoisotopic (exact) mass is 234 g/mol. The minimum absolute atomic E-state index is 0.154. The molecule has 4 nitrogen and oxygen atoms in total. The minimum atomic E-state index is 0.154. The van der Waals surface area contributed by atoms with Crippen LogP contribution in [0.5, 0.6) is 0 Å². The van der Waals surface area contributed by atoms with E-state index in [-0.39, 0.29) is 6.04 Å². The summed E-state index contributed by atoms with van der Waals surface area (Å²) in [5.74, 6) is 6.30. The van der Waals surface area contributed by atoms with E-state index in [1.807, 2.05) is 19.3 Å². The van der Waals surface area contributed by atoms with Gasteiger partial charge in [0.05, 0.1) is 23.6 Å². The van der Waals surface area contributed by atoms with Crippen molar-refractivity contribution in [2.24, 2.45) is 11.8 Å². The van der Waals surface area contributed by atoms with Crippen LogP contribution in [0.25, 0.3) is 0 Å². The van der Waals surface area contributed by atoms with Crippen LogP contribution in [0.4, 0.5) is 0 Å². The first kappa shape index (κ1) is 12.5. The summed E-state index contributed by atoms with van der Waals surface area (Å²) in [5, 5.41) is 0. The number of rotatable bonds is 3. The van der Waals surface area contributed by atoms with Gasteiger partial charge in [-0.05, 0) is 25.7 Å². The Morgan fingerprint density at radius 2 is 1.88 bits per heavy atom. The summed E-state index contributed by atoms with van der Waals surface area (Å²) in [7, 11) is 0. The zero-order valence-corrected chi connectivity index (χ0v) is 10.5. The Morgan fingerprint density at radius 3 is 2.41 bits per heavy atom. The predicted molar refractivity (Wildman–Crippen MR) is 68.0 cm³/mol. The summed E-state index contributed by atoms with van der Waals surface area (Å²) >= 11 is 0. The number of nitrogens with zero attached hydrogens (tertiary/aromatic N) is 2. The van der Waals surface area contributed by atoms with Crippen molar-refractivity contribution in [1.29, 1.82) is 0 Å². The van der Waals surface area contributed by atoms with E-state index in [1.165, 1.54) is 38.5 Å². The molecule has 3 N–H and O–H groups in total. The quantitative estimate of drug-likeness (QED) is 0.478. The highest BCUT2D eigenvalue weighted by Gasteiger charge is 2.24. The third-order valence-corrected chi connectivity index (χ3v) is 3.67. The largest absolute Gasteiger partial charge is 0.271 e. The van der Waals surface area contributed by atoms with Crippen molar-refractivity contribution in [2.75, 3.05) is 0 Å². The molecule has 1 heterocycles.